The standard InChI is InChI=1S/C34H42N4S2/c1-6-31(15-18-35-4)27(2)25-29-7-11-33(12-8-29)36-19-23-39-40-24-20-37-34-13-9-30(10-14-34)26-28(3)32-16-21-38(5)22-17-32/h6-18,21-22,25-26,35-36H,19-20,23-24H2,1-5H3/p+2/b18-15-,27-25+,31-6+. The van der Waals surface area contributed by atoms with Crippen LogP contribution in [-0.4, -0.2) is 31.6 Å². The third-order valence-corrected chi connectivity index (χ3v) is 8.78. The van der Waals surface area contributed by atoms with Gasteiger partial charge in [-0.15, -0.1) is 0 Å². The molecule has 1 heterocycles. The first kappa shape index (κ1) is 31.3. The van der Waals surface area contributed by atoms with E-state index in [4.69, 9.17) is 0 Å². The van der Waals surface area contributed by atoms with Gasteiger partial charge < -0.3 is 16.0 Å². The monoisotopic (exact) mass is 572 g/mol. The van der Waals surface area contributed by atoms with Gasteiger partial charge in [0.25, 0.3) is 0 Å². The quantitative estimate of drug-likeness (QED) is 0.0792. The summed E-state index contributed by atoms with van der Waals surface area (Å²) in [6, 6.07) is 21.7. The lowest BCUT2D eigenvalue weighted by Crippen LogP contribution is -2.72. The number of aryl methyl sites for hydroxylation is 1. The van der Waals surface area contributed by atoms with Crippen molar-refractivity contribution < 1.29 is 9.88 Å². The average molecular weight is 573 g/mol. The van der Waals surface area contributed by atoms with Crippen molar-refractivity contribution in [3.63, 3.8) is 0 Å². The second kappa shape index (κ2) is 17.5. The number of aromatic nitrogens is 1. The topological polar surface area (TPSA) is 44.6 Å². The van der Waals surface area contributed by atoms with Crippen LogP contribution in [0.15, 0.2) is 103 Å². The molecule has 4 nitrogen and oxygen atoms in total. The molecule has 0 aliphatic rings. The minimum atomic E-state index is 0.955. The summed E-state index contributed by atoms with van der Waals surface area (Å²) in [5, 5.41) is 9.12. The van der Waals surface area contributed by atoms with Crippen LogP contribution < -0.4 is 20.5 Å². The highest BCUT2D eigenvalue weighted by Crippen LogP contribution is 2.22. The van der Waals surface area contributed by atoms with Gasteiger partial charge in [-0.3, -0.25) is 0 Å². The second-order valence-corrected chi connectivity index (χ2v) is 12.3. The number of anilines is 2. The van der Waals surface area contributed by atoms with E-state index in [9.17, 15) is 0 Å². The Hall–Kier alpha value is -3.19. The third-order valence-electron chi connectivity index (χ3n) is 6.37. The Morgan fingerprint density at radius 2 is 1.32 bits per heavy atom. The lowest BCUT2D eigenvalue weighted by Gasteiger charge is -2.08. The van der Waals surface area contributed by atoms with E-state index in [1.807, 2.05) is 35.7 Å². The molecule has 3 rings (SSSR count). The SMILES string of the molecule is C/C=C(\C=C/[NH2+]C)C(/C)=C/c1ccc(NCCSSCCNc2ccc(/C=C(\C)c3cc[n+](C)cc3)cc2)cc1. The first-order valence-corrected chi connectivity index (χ1v) is 16.3. The molecule has 0 fully saturated rings. The zero-order chi connectivity index (χ0) is 28.6. The van der Waals surface area contributed by atoms with Crippen LogP contribution in [0.25, 0.3) is 17.7 Å². The zero-order valence-electron chi connectivity index (χ0n) is 24.5. The van der Waals surface area contributed by atoms with E-state index in [0.717, 1.165) is 24.6 Å². The van der Waals surface area contributed by atoms with Crippen molar-refractivity contribution in [3.8, 4) is 0 Å². The van der Waals surface area contributed by atoms with E-state index >= 15 is 0 Å². The Morgan fingerprint density at radius 1 is 0.800 bits per heavy atom. The van der Waals surface area contributed by atoms with E-state index in [-0.39, 0.29) is 0 Å². The molecular weight excluding hydrogens is 529 g/mol. The number of nitrogens with zero attached hydrogens (tertiary/aromatic N) is 1. The Kier molecular flexibility index (Phi) is 13.7. The molecule has 210 valence electrons. The summed E-state index contributed by atoms with van der Waals surface area (Å²) >= 11 is 0. The van der Waals surface area contributed by atoms with E-state index in [1.54, 1.807) is 0 Å². The summed E-state index contributed by atoms with van der Waals surface area (Å²) in [6.07, 6.45) is 15.0. The third kappa shape index (κ3) is 11.1. The van der Waals surface area contributed by atoms with Crippen LogP contribution in [0, 0.1) is 0 Å². The van der Waals surface area contributed by atoms with Crippen LogP contribution in [-0.2, 0) is 7.05 Å². The summed E-state index contributed by atoms with van der Waals surface area (Å²) in [7, 11) is 7.92. The zero-order valence-corrected chi connectivity index (χ0v) is 26.1. The van der Waals surface area contributed by atoms with E-state index in [1.165, 1.54) is 44.8 Å². The van der Waals surface area contributed by atoms with Crippen molar-refractivity contribution in [2.24, 2.45) is 7.05 Å². The maximum absolute atomic E-state index is 3.53. The van der Waals surface area contributed by atoms with Crippen molar-refractivity contribution in [2.45, 2.75) is 20.8 Å². The number of nitrogens with one attached hydrogen (secondary N) is 2. The molecule has 4 N–H and O–H groups in total. The lowest BCUT2D eigenvalue weighted by molar-refractivity contribution is -0.671. The minimum Gasteiger partial charge on any atom is -0.384 e. The molecule has 0 radical (unpaired) electrons. The van der Waals surface area contributed by atoms with Gasteiger partial charge in [-0.2, -0.15) is 0 Å². The molecule has 0 spiro atoms. The van der Waals surface area contributed by atoms with Gasteiger partial charge in [-0.1, -0.05) is 64.1 Å². The predicted octanol–water partition coefficient (Wildman–Crippen LogP) is 7.03. The smallest absolute Gasteiger partial charge is 0.169 e. The molecule has 0 unspecified atom stereocenters. The number of pyridine rings is 1. The first-order chi connectivity index (χ1) is 19.5. The molecule has 0 saturated carbocycles. The van der Waals surface area contributed by atoms with Crippen molar-refractivity contribution in [1.82, 2.24) is 0 Å². The molecule has 3 aromatic rings. The second-order valence-electron chi connectivity index (χ2n) is 9.58. The van der Waals surface area contributed by atoms with Gasteiger partial charge in [0.15, 0.2) is 12.4 Å². The first-order valence-electron chi connectivity index (χ1n) is 13.9. The molecule has 0 saturated heterocycles. The summed E-state index contributed by atoms with van der Waals surface area (Å²) < 4.78 is 2.05. The Bertz CT molecular complexity index is 1290. The van der Waals surface area contributed by atoms with Gasteiger partial charge >= 0.3 is 0 Å². The fraction of sp³-hybridized carbons (Fsp3) is 0.265. The highest BCUT2D eigenvalue weighted by Gasteiger charge is 2.01. The Morgan fingerprint density at radius 3 is 1.82 bits per heavy atom. The van der Waals surface area contributed by atoms with Crippen LogP contribution in [0.1, 0.15) is 37.5 Å². The summed E-state index contributed by atoms with van der Waals surface area (Å²) in [5.41, 5.74) is 9.80. The minimum absolute atomic E-state index is 0.955. The fourth-order valence-electron chi connectivity index (χ4n) is 4.07. The van der Waals surface area contributed by atoms with E-state index in [0.29, 0.717) is 0 Å². The number of rotatable bonds is 15. The Balaban J connectivity index is 1.30. The van der Waals surface area contributed by atoms with Crippen molar-refractivity contribution in [2.75, 3.05) is 42.3 Å². The number of quaternary nitrogens is 1. The molecule has 40 heavy (non-hydrogen) atoms. The number of hydrogen-bond donors (Lipinski definition) is 3. The molecule has 2 aromatic carbocycles. The maximum Gasteiger partial charge on any atom is 0.169 e. The van der Waals surface area contributed by atoms with Gasteiger partial charge in [-0.05, 0) is 84.5 Å². The van der Waals surface area contributed by atoms with Crippen LogP contribution in [0.2, 0.25) is 0 Å². The summed E-state index contributed by atoms with van der Waals surface area (Å²) in [4.78, 5) is 0. The van der Waals surface area contributed by atoms with Crippen LogP contribution in [0.4, 0.5) is 11.4 Å². The molecule has 1 aromatic heterocycles. The number of allylic oxidation sites excluding steroid dienone is 5. The number of hydrogen-bond acceptors (Lipinski definition) is 4. The molecule has 0 amide bonds. The van der Waals surface area contributed by atoms with Gasteiger partial charge in [0.2, 0.25) is 0 Å². The average Bonchev–Trinajstić information content (AvgIpc) is 2.97. The predicted molar refractivity (Wildman–Crippen MR) is 180 cm³/mol. The Labute approximate surface area is 249 Å². The normalized spacial score (nSPS) is 12.7. The van der Waals surface area contributed by atoms with Crippen molar-refractivity contribution in [1.29, 1.82) is 0 Å². The van der Waals surface area contributed by atoms with E-state index < -0.39 is 0 Å². The molecule has 0 aliphatic heterocycles. The summed E-state index contributed by atoms with van der Waals surface area (Å²) in [6.45, 7) is 8.31. The fourth-order valence-corrected chi connectivity index (χ4v) is 5.89. The highest BCUT2D eigenvalue weighted by atomic mass is 33.1. The van der Waals surface area contributed by atoms with Crippen LogP contribution >= 0.6 is 21.6 Å². The number of benzene rings is 2. The van der Waals surface area contributed by atoms with Crippen molar-refractivity contribution in [3.05, 3.63) is 119 Å². The molecular formula is C34H44N4S2+2. The van der Waals surface area contributed by atoms with Gasteiger partial charge in [-0.25, -0.2) is 4.57 Å². The maximum atomic E-state index is 3.53. The van der Waals surface area contributed by atoms with Crippen LogP contribution in [0.5, 0.6) is 0 Å². The molecule has 6 heteroatoms. The van der Waals surface area contributed by atoms with Gasteiger partial charge in [0.05, 0.1) is 13.2 Å². The largest absolute Gasteiger partial charge is 0.384 e. The molecule has 0 atom stereocenters. The van der Waals surface area contributed by atoms with Gasteiger partial charge in [0.1, 0.15) is 7.05 Å². The van der Waals surface area contributed by atoms with Crippen LogP contribution in [0.3, 0.4) is 0 Å². The highest BCUT2D eigenvalue weighted by molar-refractivity contribution is 8.76. The summed E-state index contributed by atoms with van der Waals surface area (Å²) in [5.74, 6) is 2.13. The molecule has 0 bridgehead atoms. The van der Waals surface area contributed by atoms with E-state index in [2.05, 4.69) is 145 Å². The lowest BCUT2D eigenvalue weighted by atomic mass is 10.0. The molecule has 0 aliphatic carbocycles. The van der Waals surface area contributed by atoms with Gasteiger partial charge in [0, 0.05) is 48.1 Å². The van der Waals surface area contributed by atoms with Crippen molar-refractivity contribution >= 4 is 50.7 Å². The number of nitrogens with two attached hydrogens (primary N) is 1.